The third kappa shape index (κ3) is 5.19. The van der Waals surface area contributed by atoms with E-state index < -0.39 is 30.4 Å². The van der Waals surface area contributed by atoms with Crippen LogP contribution in [0.1, 0.15) is 20.3 Å². The van der Waals surface area contributed by atoms with E-state index in [1.54, 1.807) is 13.8 Å². The number of amides is 2. The second-order valence-electron chi connectivity index (χ2n) is 3.83. The average Bonchev–Trinajstić information content (AvgIpc) is 2.26. The summed E-state index contributed by atoms with van der Waals surface area (Å²) >= 11 is 0. The Morgan fingerprint density at radius 2 is 1.88 bits per heavy atom. The second-order valence-corrected chi connectivity index (χ2v) is 3.83. The number of methoxy groups -OCH3 is 1. The molecule has 0 aliphatic rings. The van der Waals surface area contributed by atoms with Crippen LogP contribution < -0.4 is 5.32 Å². The third-order valence-corrected chi connectivity index (χ3v) is 2.29. The van der Waals surface area contributed by atoms with Gasteiger partial charge in [-0.1, -0.05) is 0 Å². The van der Waals surface area contributed by atoms with Crippen molar-refractivity contribution in [2.24, 2.45) is 0 Å². The minimum atomic E-state index is -1.28. The summed E-state index contributed by atoms with van der Waals surface area (Å²) in [4.78, 5) is 34.7. The Bertz CT molecular complexity index is 303. The molecule has 17 heavy (non-hydrogen) atoms. The first kappa shape index (κ1) is 15.2. The van der Waals surface area contributed by atoms with Crippen molar-refractivity contribution >= 4 is 18.0 Å². The smallest absolute Gasteiger partial charge is 0.326 e. The third-order valence-electron chi connectivity index (χ3n) is 2.29. The van der Waals surface area contributed by atoms with Crippen molar-refractivity contribution in [3.8, 4) is 0 Å². The molecule has 0 spiro atoms. The quantitative estimate of drug-likeness (QED) is 0.668. The molecule has 0 saturated heterocycles. The fourth-order valence-corrected chi connectivity index (χ4v) is 0.935. The number of carboxylic acid groups (broad SMARTS) is 1. The Balaban J connectivity index is 4.50. The number of carbonyl (C=O) groups excluding carboxylic acids is 2. The lowest BCUT2D eigenvalue weighted by Crippen LogP contribution is -2.49. The molecular weight excluding hydrogens is 228 g/mol. The number of aliphatic carboxylic acids is 1. The molecule has 1 atom stereocenters. The summed E-state index contributed by atoms with van der Waals surface area (Å²) in [5, 5.41) is 11.1. The van der Waals surface area contributed by atoms with Crippen LogP contribution in [-0.4, -0.2) is 54.2 Å². The highest BCUT2D eigenvalue weighted by atomic mass is 16.5. The Hall–Kier alpha value is -1.79. The van der Waals surface area contributed by atoms with Crippen molar-refractivity contribution in [1.29, 1.82) is 0 Å². The molecule has 0 aliphatic carbocycles. The zero-order chi connectivity index (χ0) is 13.6. The molecule has 0 aromatic carbocycles. The van der Waals surface area contributed by atoms with E-state index in [-0.39, 0.29) is 6.04 Å². The van der Waals surface area contributed by atoms with Crippen molar-refractivity contribution in [1.82, 2.24) is 10.2 Å². The van der Waals surface area contributed by atoms with Crippen LogP contribution in [0, 0.1) is 0 Å². The van der Waals surface area contributed by atoms with Gasteiger partial charge in [-0.05, 0) is 13.8 Å². The fourth-order valence-electron chi connectivity index (χ4n) is 0.935. The maximum Gasteiger partial charge on any atom is 0.326 e. The first-order valence-electron chi connectivity index (χ1n) is 5.12. The van der Waals surface area contributed by atoms with E-state index >= 15 is 0 Å². The Morgan fingerprint density at radius 3 is 2.24 bits per heavy atom. The molecule has 0 saturated carbocycles. The van der Waals surface area contributed by atoms with Gasteiger partial charge in [-0.15, -0.1) is 0 Å². The number of carboxylic acids is 1. The van der Waals surface area contributed by atoms with Gasteiger partial charge in [0.25, 0.3) is 0 Å². The molecule has 0 radical (unpaired) electrons. The summed E-state index contributed by atoms with van der Waals surface area (Å²) in [6.07, 6.45) is -0.399. The SMILES string of the molecule is COC(=O)C[C@H](NC(=O)N(C)C(C)C)C(=O)O. The lowest BCUT2D eigenvalue weighted by atomic mass is 10.2. The minimum Gasteiger partial charge on any atom is -0.480 e. The molecule has 0 unspecified atom stereocenters. The molecular formula is C10H18N2O5. The highest BCUT2D eigenvalue weighted by Gasteiger charge is 2.25. The maximum atomic E-state index is 11.6. The molecule has 0 aromatic heterocycles. The predicted molar refractivity (Wildman–Crippen MR) is 59.5 cm³/mol. The van der Waals surface area contributed by atoms with Crippen LogP contribution in [-0.2, 0) is 14.3 Å². The number of nitrogens with zero attached hydrogens (tertiary/aromatic N) is 1. The number of carbonyl (C=O) groups is 3. The molecule has 7 heteroatoms. The molecule has 0 bridgehead atoms. The molecule has 7 nitrogen and oxygen atoms in total. The fraction of sp³-hybridized carbons (Fsp3) is 0.700. The van der Waals surface area contributed by atoms with Gasteiger partial charge in [0.1, 0.15) is 6.04 Å². The summed E-state index contributed by atoms with van der Waals surface area (Å²) in [5.41, 5.74) is 0. The van der Waals surface area contributed by atoms with Crippen LogP contribution in [0.25, 0.3) is 0 Å². The minimum absolute atomic E-state index is 0.0671. The van der Waals surface area contributed by atoms with Gasteiger partial charge in [0.15, 0.2) is 0 Å². The summed E-state index contributed by atoms with van der Waals surface area (Å²) in [6, 6.07) is -1.89. The van der Waals surface area contributed by atoms with Crippen molar-refractivity contribution in [2.45, 2.75) is 32.4 Å². The molecule has 0 aliphatic heterocycles. The summed E-state index contributed by atoms with van der Waals surface area (Å²) < 4.78 is 4.35. The second kappa shape index (κ2) is 6.72. The number of ether oxygens (including phenoxy) is 1. The van der Waals surface area contributed by atoms with Crippen LogP contribution in [0.3, 0.4) is 0 Å². The maximum absolute atomic E-state index is 11.6. The molecule has 0 heterocycles. The summed E-state index contributed by atoms with van der Waals surface area (Å²) in [6.45, 7) is 3.57. The summed E-state index contributed by atoms with van der Waals surface area (Å²) in [5.74, 6) is -1.97. The first-order chi connectivity index (χ1) is 7.79. The monoisotopic (exact) mass is 246 g/mol. The number of urea groups is 1. The predicted octanol–water partition coefficient (Wildman–Crippen LogP) is 0.0525. The van der Waals surface area contributed by atoms with Gasteiger partial charge >= 0.3 is 18.0 Å². The lowest BCUT2D eigenvalue weighted by molar-refractivity contribution is -0.147. The Labute approximate surface area is 99.7 Å². The summed E-state index contributed by atoms with van der Waals surface area (Å²) in [7, 11) is 2.69. The number of hydrogen-bond donors (Lipinski definition) is 2. The normalized spacial score (nSPS) is 11.8. The van der Waals surface area contributed by atoms with E-state index in [1.807, 2.05) is 0 Å². The van der Waals surface area contributed by atoms with Gasteiger partial charge in [0, 0.05) is 13.1 Å². The van der Waals surface area contributed by atoms with E-state index in [2.05, 4.69) is 10.1 Å². The topological polar surface area (TPSA) is 95.9 Å². The van der Waals surface area contributed by atoms with E-state index in [4.69, 9.17) is 5.11 Å². The molecule has 0 rings (SSSR count). The van der Waals surface area contributed by atoms with Crippen molar-refractivity contribution in [3.63, 3.8) is 0 Å². The molecule has 0 aromatic rings. The number of rotatable bonds is 5. The number of nitrogens with one attached hydrogen (secondary N) is 1. The van der Waals surface area contributed by atoms with Gasteiger partial charge in [-0.2, -0.15) is 0 Å². The van der Waals surface area contributed by atoms with Gasteiger partial charge in [0.05, 0.1) is 13.5 Å². The zero-order valence-corrected chi connectivity index (χ0v) is 10.4. The molecule has 2 amide bonds. The largest absolute Gasteiger partial charge is 0.480 e. The van der Waals surface area contributed by atoms with Crippen molar-refractivity contribution in [2.75, 3.05) is 14.2 Å². The van der Waals surface area contributed by atoms with Gasteiger partial charge in [0.2, 0.25) is 0 Å². The molecule has 98 valence electrons. The van der Waals surface area contributed by atoms with E-state index in [0.29, 0.717) is 0 Å². The highest BCUT2D eigenvalue weighted by molar-refractivity contribution is 5.86. The van der Waals surface area contributed by atoms with Crippen LogP contribution in [0.4, 0.5) is 4.79 Å². The average molecular weight is 246 g/mol. The van der Waals surface area contributed by atoms with Crippen LogP contribution >= 0.6 is 0 Å². The first-order valence-corrected chi connectivity index (χ1v) is 5.12. The standard InChI is InChI=1S/C10H18N2O5/c1-6(2)12(3)10(16)11-7(9(14)15)5-8(13)17-4/h6-7H,5H2,1-4H3,(H,11,16)(H,14,15)/t7-/m0/s1. The van der Waals surface area contributed by atoms with E-state index in [0.717, 1.165) is 7.11 Å². The molecule has 2 N–H and O–H groups in total. The van der Waals surface area contributed by atoms with Crippen LogP contribution in [0.2, 0.25) is 0 Å². The lowest BCUT2D eigenvalue weighted by Gasteiger charge is -2.24. The van der Waals surface area contributed by atoms with Crippen LogP contribution in [0.5, 0.6) is 0 Å². The Morgan fingerprint density at radius 1 is 1.35 bits per heavy atom. The van der Waals surface area contributed by atoms with E-state index in [1.165, 1.54) is 11.9 Å². The van der Waals surface area contributed by atoms with Gasteiger partial charge in [-0.25, -0.2) is 9.59 Å². The van der Waals surface area contributed by atoms with Gasteiger partial charge < -0.3 is 20.1 Å². The van der Waals surface area contributed by atoms with Crippen molar-refractivity contribution in [3.05, 3.63) is 0 Å². The van der Waals surface area contributed by atoms with Gasteiger partial charge in [-0.3, -0.25) is 4.79 Å². The van der Waals surface area contributed by atoms with E-state index in [9.17, 15) is 14.4 Å². The Kier molecular flexibility index (Phi) is 6.01. The zero-order valence-electron chi connectivity index (χ0n) is 10.4. The van der Waals surface area contributed by atoms with Crippen molar-refractivity contribution < 1.29 is 24.2 Å². The number of hydrogen-bond acceptors (Lipinski definition) is 4. The van der Waals surface area contributed by atoms with Crippen LogP contribution in [0.15, 0.2) is 0 Å². The number of esters is 1. The highest BCUT2D eigenvalue weighted by Crippen LogP contribution is 1.99. The molecule has 0 fully saturated rings.